The van der Waals surface area contributed by atoms with Crippen LogP contribution in [0.2, 0.25) is 10.0 Å². The van der Waals surface area contributed by atoms with Crippen molar-refractivity contribution >= 4 is 34.1 Å². The molecule has 0 unspecified atom stereocenters. The summed E-state index contributed by atoms with van der Waals surface area (Å²) in [6.45, 7) is 0.338. The Morgan fingerprint density at radius 1 is 1.07 bits per heavy atom. The first kappa shape index (κ1) is 20.8. The molecule has 0 atom stereocenters. The normalized spacial score (nSPS) is 11.9. The Balaban J connectivity index is 2.01. The number of hydrogen-bond donors (Lipinski definition) is 1. The van der Waals surface area contributed by atoms with Gasteiger partial charge in [0.25, 0.3) is 0 Å². The maximum Gasteiger partial charge on any atom is 0.573 e. The molecule has 0 saturated heterocycles. The van der Waals surface area contributed by atoms with Gasteiger partial charge in [0.2, 0.25) is 0 Å². The van der Waals surface area contributed by atoms with Gasteiger partial charge in [-0.2, -0.15) is 5.10 Å². The minimum atomic E-state index is -4.78. The molecule has 4 nitrogen and oxygen atoms in total. The minimum absolute atomic E-state index is 0.0720. The number of alkyl halides is 3. The topological polar surface area (TPSA) is 47.3 Å². The molecule has 0 aliphatic heterocycles. The Labute approximate surface area is 169 Å². The lowest BCUT2D eigenvalue weighted by Crippen LogP contribution is -2.17. The second-order valence-electron chi connectivity index (χ2n) is 6.25. The van der Waals surface area contributed by atoms with E-state index < -0.39 is 6.36 Å². The number of benzene rings is 2. The van der Waals surface area contributed by atoms with Crippen LogP contribution in [0.25, 0.3) is 10.9 Å². The highest BCUT2D eigenvalue weighted by Gasteiger charge is 2.31. The van der Waals surface area contributed by atoms with Gasteiger partial charge in [0.15, 0.2) is 0 Å². The van der Waals surface area contributed by atoms with Crippen LogP contribution in [0, 0.1) is 0 Å². The number of aromatic nitrogens is 2. The third-order valence-electron chi connectivity index (χ3n) is 4.19. The first-order valence-electron chi connectivity index (χ1n) is 8.57. The van der Waals surface area contributed by atoms with Gasteiger partial charge in [0.1, 0.15) is 5.75 Å². The van der Waals surface area contributed by atoms with E-state index in [4.69, 9.17) is 28.3 Å². The number of aryl methyl sites for hydroxylation is 1. The fourth-order valence-electron chi connectivity index (χ4n) is 2.94. The van der Waals surface area contributed by atoms with Gasteiger partial charge in [0.05, 0.1) is 17.8 Å². The van der Waals surface area contributed by atoms with Crippen LogP contribution in [0.4, 0.5) is 13.2 Å². The lowest BCUT2D eigenvalue weighted by atomic mass is 10.1. The lowest BCUT2D eigenvalue weighted by molar-refractivity contribution is -0.274. The number of nitrogens with zero attached hydrogens (tertiary/aromatic N) is 2. The van der Waals surface area contributed by atoms with Crippen molar-refractivity contribution in [1.82, 2.24) is 9.78 Å². The molecule has 3 aromatic rings. The van der Waals surface area contributed by atoms with E-state index in [9.17, 15) is 13.2 Å². The summed E-state index contributed by atoms with van der Waals surface area (Å²) in [6, 6.07) is 9.19. The minimum Gasteiger partial charge on any atom is -0.406 e. The van der Waals surface area contributed by atoms with Gasteiger partial charge in [0, 0.05) is 28.1 Å². The van der Waals surface area contributed by atoms with E-state index in [1.807, 2.05) is 0 Å². The van der Waals surface area contributed by atoms with Crippen molar-refractivity contribution in [2.24, 2.45) is 0 Å². The average Bonchev–Trinajstić information content (AvgIpc) is 2.93. The third-order valence-corrected chi connectivity index (χ3v) is 4.78. The predicted octanol–water partition coefficient (Wildman–Crippen LogP) is 5.61. The molecule has 3 rings (SSSR count). The Hall–Kier alpha value is -1.96. The number of rotatable bonds is 7. The second kappa shape index (κ2) is 8.59. The maximum absolute atomic E-state index is 12.6. The molecule has 0 amide bonds. The molecule has 0 spiro atoms. The second-order valence-corrected chi connectivity index (χ2v) is 7.09. The molecule has 2 aromatic carbocycles. The Bertz CT molecular complexity index is 974. The summed E-state index contributed by atoms with van der Waals surface area (Å²) in [7, 11) is 0. The lowest BCUT2D eigenvalue weighted by Gasteiger charge is -2.10. The number of aliphatic hydroxyl groups is 1. The van der Waals surface area contributed by atoms with Gasteiger partial charge in [-0.05, 0) is 49.1 Å². The standard InChI is InChI=1S/C19H17Cl2F3N2O2/c20-13-5-4-12(16(21)9-13)11-26-18-10-14(28-19(22,23)24)6-7-15(18)17(25-26)3-1-2-8-27/h4-7,9-10,27H,1-3,8,11H2. The van der Waals surface area contributed by atoms with Crippen molar-refractivity contribution < 1.29 is 23.0 Å². The van der Waals surface area contributed by atoms with Crippen LogP contribution in [0.3, 0.4) is 0 Å². The fourth-order valence-corrected chi connectivity index (χ4v) is 3.41. The molecule has 0 bridgehead atoms. The van der Waals surface area contributed by atoms with E-state index in [1.54, 1.807) is 28.9 Å². The van der Waals surface area contributed by atoms with Crippen molar-refractivity contribution in [3.63, 3.8) is 0 Å². The maximum atomic E-state index is 12.6. The molecule has 150 valence electrons. The van der Waals surface area contributed by atoms with Crippen LogP contribution >= 0.6 is 23.2 Å². The van der Waals surface area contributed by atoms with Gasteiger partial charge in [-0.15, -0.1) is 13.2 Å². The number of halogens is 5. The summed E-state index contributed by atoms with van der Waals surface area (Å²) in [5, 5.41) is 15.2. The average molecular weight is 433 g/mol. The zero-order valence-corrected chi connectivity index (χ0v) is 16.2. The van der Waals surface area contributed by atoms with Gasteiger partial charge in [-0.1, -0.05) is 29.3 Å². The van der Waals surface area contributed by atoms with Crippen molar-refractivity contribution in [2.45, 2.75) is 32.2 Å². The summed E-state index contributed by atoms with van der Waals surface area (Å²) in [5.41, 5.74) is 1.98. The van der Waals surface area contributed by atoms with Gasteiger partial charge < -0.3 is 9.84 Å². The first-order chi connectivity index (χ1) is 13.3. The quantitative estimate of drug-likeness (QED) is 0.493. The molecule has 0 saturated carbocycles. The number of fused-ring (bicyclic) bond motifs is 1. The molecule has 28 heavy (non-hydrogen) atoms. The van der Waals surface area contributed by atoms with Crippen molar-refractivity contribution in [2.75, 3.05) is 6.61 Å². The van der Waals surface area contributed by atoms with Crippen LogP contribution in [0.15, 0.2) is 36.4 Å². The molecular weight excluding hydrogens is 416 g/mol. The molecular formula is C19H17Cl2F3N2O2. The van der Waals surface area contributed by atoms with E-state index in [1.165, 1.54) is 12.1 Å². The van der Waals surface area contributed by atoms with Crippen LogP contribution in [-0.2, 0) is 13.0 Å². The first-order valence-corrected chi connectivity index (χ1v) is 9.32. The number of unbranched alkanes of at least 4 members (excludes halogenated alkanes) is 1. The third kappa shape index (κ3) is 5.10. The zero-order chi connectivity index (χ0) is 20.3. The molecule has 0 aliphatic rings. The van der Waals surface area contributed by atoms with Gasteiger partial charge in [-0.25, -0.2) is 0 Å². The van der Waals surface area contributed by atoms with E-state index in [-0.39, 0.29) is 18.9 Å². The van der Waals surface area contributed by atoms with E-state index >= 15 is 0 Å². The Kier molecular flexibility index (Phi) is 6.37. The number of ether oxygens (including phenoxy) is 1. The highest BCUT2D eigenvalue weighted by atomic mass is 35.5. The number of aliphatic hydroxyl groups excluding tert-OH is 1. The van der Waals surface area contributed by atoms with E-state index in [2.05, 4.69) is 9.84 Å². The smallest absolute Gasteiger partial charge is 0.406 e. The Morgan fingerprint density at radius 2 is 1.86 bits per heavy atom. The van der Waals surface area contributed by atoms with E-state index in [0.29, 0.717) is 34.8 Å². The van der Waals surface area contributed by atoms with Gasteiger partial charge >= 0.3 is 6.36 Å². The summed E-state index contributed by atoms with van der Waals surface area (Å²) < 4.78 is 43.4. The van der Waals surface area contributed by atoms with Crippen LogP contribution in [0.5, 0.6) is 5.75 Å². The van der Waals surface area contributed by atoms with Gasteiger partial charge in [-0.3, -0.25) is 4.68 Å². The molecule has 0 fully saturated rings. The number of hydrogen-bond acceptors (Lipinski definition) is 3. The molecule has 1 aromatic heterocycles. The highest BCUT2D eigenvalue weighted by Crippen LogP contribution is 2.30. The van der Waals surface area contributed by atoms with Crippen molar-refractivity contribution in [3.8, 4) is 5.75 Å². The summed E-state index contributed by atoms with van der Waals surface area (Å²) >= 11 is 12.2. The summed E-state index contributed by atoms with van der Waals surface area (Å²) in [5.74, 6) is -0.315. The summed E-state index contributed by atoms with van der Waals surface area (Å²) in [6.07, 6.45) is -2.85. The zero-order valence-electron chi connectivity index (χ0n) is 14.6. The van der Waals surface area contributed by atoms with Crippen LogP contribution < -0.4 is 4.74 Å². The largest absolute Gasteiger partial charge is 0.573 e. The summed E-state index contributed by atoms with van der Waals surface area (Å²) in [4.78, 5) is 0. The SMILES string of the molecule is OCCCCc1nn(Cc2ccc(Cl)cc2Cl)c2cc(OC(F)(F)F)ccc12. The highest BCUT2D eigenvalue weighted by molar-refractivity contribution is 6.35. The Morgan fingerprint density at radius 3 is 2.54 bits per heavy atom. The molecule has 1 heterocycles. The predicted molar refractivity (Wildman–Crippen MR) is 102 cm³/mol. The van der Waals surface area contributed by atoms with Crippen molar-refractivity contribution in [1.29, 1.82) is 0 Å². The molecule has 0 radical (unpaired) electrons. The van der Waals surface area contributed by atoms with Crippen molar-refractivity contribution in [3.05, 3.63) is 57.7 Å². The molecule has 0 aliphatic carbocycles. The molecule has 1 N–H and O–H groups in total. The monoisotopic (exact) mass is 432 g/mol. The fraction of sp³-hybridized carbons (Fsp3) is 0.316. The molecule has 9 heteroatoms. The van der Waals surface area contributed by atoms with E-state index in [0.717, 1.165) is 16.6 Å². The van der Waals surface area contributed by atoms with Crippen LogP contribution in [0.1, 0.15) is 24.1 Å². The van der Waals surface area contributed by atoms with Crippen LogP contribution in [-0.4, -0.2) is 27.9 Å².